The van der Waals surface area contributed by atoms with E-state index in [0.29, 0.717) is 35.6 Å². The maximum Gasteiger partial charge on any atom is 0.253 e. The van der Waals surface area contributed by atoms with Gasteiger partial charge in [-0.1, -0.05) is 18.6 Å². The molecule has 1 amide bonds. The van der Waals surface area contributed by atoms with E-state index in [4.69, 9.17) is 9.73 Å². The highest BCUT2D eigenvalue weighted by molar-refractivity contribution is 5.93. The molecule has 0 radical (unpaired) electrons. The molecule has 28 heavy (non-hydrogen) atoms. The molecule has 2 aliphatic carbocycles. The Kier molecular flexibility index (Phi) is 5.32. The molecule has 1 aliphatic heterocycles. The molecule has 1 spiro atoms. The summed E-state index contributed by atoms with van der Waals surface area (Å²) in [5.41, 5.74) is 2.14. The van der Waals surface area contributed by atoms with E-state index < -0.39 is 0 Å². The van der Waals surface area contributed by atoms with Gasteiger partial charge in [-0.15, -0.1) is 0 Å². The molecule has 0 aromatic heterocycles. The number of carbonyl (C=O) groups is 1. The summed E-state index contributed by atoms with van der Waals surface area (Å²) in [6.45, 7) is 4.43. The molecule has 3 unspecified atom stereocenters. The van der Waals surface area contributed by atoms with Crippen molar-refractivity contribution in [3.8, 4) is 0 Å². The van der Waals surface area contributed by atoms with Gasteiger partial charge in [0.1, 0.15) is 0 Å². The number of ether oxygens (including phenoxy) is 1. The Bertz CT molecular complexity index is 739. The number of amides is 1. The van der Waals surface area contributed by atoms with Crippen molar-refractivity contribution >= 4 is 11.9 Å². The molecule has 3 aliphatic rings. The van der Waals surface area contributed by atoms with Crippen molar-refractivity contribution in [1.29, 1.82) is 0 Å². The molecule has 2 N–H and O–H groups in total. The molecule has 4 rings (SSSR count). The first-order valence-corrected chi connectivity index (χ1v) is 10.5. The minimum absolute atomic E-state index is 0.0224. The summed E-state index contributed by atoms with van der Waals surface area (Å²) in [5, 5.41) is 7.13. The molecule has 1 aromatic carbocycles. The maximum atomic E-state index is 12.0. The van der Waals surface area contributed by atoms with Gasteiger partial charge >= 0.3 is 0 Å². The first kappa shape index (κ1) is 19.2. The summed E-state index contributed by atoms with van der Waals surface area (Å²) >= 11 is 0. The molecule has 1 saturated heterocycles. The summed E-state index contributed by atoms with van der Waals surface area (Å²) in [5.74, 6) is 1.53. The smallest absolute Gasteiger partial charge is 0.253 e. The second-order valence-corrected chi connectivity index (χ2v) is 8.54. The van der Waals surface area contributed by atoms with Crippen LogP contribution in [0.25, 0.3) is 0 Å². The van der Waals surface area contributed by atoms with Gasteiger partial charge in [-0.25, -0.2) is 4.99 Å². The highest BCUT2D eigenvalue weighted by atomic mass is 16.5. The monoisotopic (exact) mass is 384 g/mol. The number of guanidine groups is 1. The van der Waals surface area contributed by atoms with Gasteiger partial charge in [0.25, 0.3) is 5.91 Å². The number of hydrogen-bond donors (Lipinski definition) is 2. The SMILES string of the molecule is CCNC(=NCc1ccc(C(=O)N(C)C)cc1)NC1C2CCOC2C12CCC2. The molecular formula is C22H32N4O2. The fourth-order valence-electron chi connectivity index (χ4n) is 5.10. The van der Waals surface area contributed by atoms with Crippen LogP contribution in [0.2, 0.25) is 0 Å². The van der Waals surface area contributed by atoms with Gasteiger partial charge in [-0.2, -0.15) is 0 Å². The molecular weight excluding hydrogens is 352 g/mol. The zero-order chi connectivity index (χ0) is 19.7. The second kappa shape index (κ2) is 7.74. The first-order chi connectivity index (χ1) is 13.5. The van der Waals surface area contributed by atoms with Crippen LogP contribution in [0, 0.1) is 11.3 Å². The predicted molar refractivity (Wildman–Crippen MR) is 110 cm³/mol. The van der Waals surface area contributed by atoms with Gasteiger partial charge in [-0.3, -0.25) is 4.79 Å². The Morgan fingerprint density at radius 1 is 1.29 bits per heavy atom. The summed E-state index contributed by atoms with van der Waals surface area (Å²) < 4.78 is 6.03. The Morgan fingerprint density at radius 3 is 2.64 bits per heavy atom. The maximum absolute atomic E-state index is 12.0. The van der Waals surface area contributed by atoms with Crippen LogP contribution in [-0.4, -0.2) is 56.2 Å². The molecule has 1 heterocycles. The molecule has 2 saturated carbocycles. The third kappa shape index (κ3) is 3.28. The van der Waals surface area contributed by atoms with Crippen molar-refractivity contribution in [3.63, 3.8) is 0 Å². The normalized spacial score (nSPS) is 27.5. The fourth-order valence-corrected chi connectivity index (χ4v) is 5.10. The molecule has 152 valence electrons. The molecule has 1 aromatic rings. The third-order valence-electron chi connectivity index (χ3n) is 6.70. The Labute approximate surface area is 167 Å². The largest absolute Gasteiger partial charge is 0.377 e. The van der Waals surface area contributed by atoms with E-state index in [2.05, 4.69) is 17.6 Å². The number of rotatable bonds is 5. The van der Waals surface area contributed by atoms with E-state index >= 15 is 0 Å². The average Bonchev–Trinajstić information content (AvgIpc) is 3.07. The van der Waals surface area contributed by atoms with E-state index in [1.165, 1.54) is 19.3 Å². The highest BCUT2D eigenvalue weighted by Gasteiger charge is 2.66. The molecule has 3 atom stereocenters. The van der Waals surface area contributed by atoms with Crippen molar-refractivity contribution in [3.05, 3.63) is 35.4 Å². The number of carbonyl (C=O) groups excluding carboxylic acids is 1. The third-order valence-corrected chi connectivity index (χ3v) is 6.70. The van der Waals surface area contributed by atoms with Gasteiger partial charge in [0.15, 0.2) is 5.96 Å². The van der Waals surface area contributed by atoms with E-state index in [-0.39, 0.29) is 5.91 Å². The van der Waals surface area contributed by atoms with E-state index in [1.54, 1.807) is 19.0 Å². The van der Waals surface area contributed by atoms with Crippen molar-refractivity contribution in [2.75, 3.05) is 27.2 Å². The van der Waals surface area contributed by atoms with Crippen LogP contribution >= 0.6 is 0 Å². The van der Waals surface area contributed by atoms with Gasteiger partial charge < -0.3 is 20.3 Å². The minimum atomic E-state index is 0.0224. The van der Waals surface area contributed by atoms with Gasteiger partial charge in [0, 0.05) is 50.2 Å². The first-order valence-electron chi connectivity index (χ1n) is 10.5. The van der Waals surface area contributed by atoms with E-state index in [9.17, 15) is 4.79 Å². The number of hydrogen-bond acceptors (Lipinski definition) is 3. The minimum Gasteiger partial charge on any atom is -0.377 e. The standard InChI is InChI=1S/C22H32N4O2/c1-4-23-21(24-14-15-6-8-16(9-7-15)20(27)26(2)3)25-18-17-10-13-28-19(17)22(18)11-5-12-22/h6-9,17-19H,4-5,10-14H2,1-3H3,(H2,23,24,25). The summed E-state index contributed by atoms with van der Waals surface area (Å²) in [4.78, 5) is 18.4. The number of aliphatic imine (C=N–C) groups is 1. The lowest BCUT2D eigenvalue weighted by molar-refractivity contribution is -0.171. The van der Waals surface area contributed by atoms with Gasteiger partial charge in [-0.05, 0) is 43.9 Å². The topological polar surface area (TPSA) is 66.0 Å². The van der Waals surface area contributed by atoms with Crippen LogP contribution in [0.15, 0.2) is 29.3 Å². The van der Waals surface area contributed by atoms with Gasteiger partial charge in [0.05, 0.1) is 12.6 Å². The van der Waals surface area contributed by atoms with Crippen molar-refractivity contribution in [2.24, 2.45) is 16.3 Å². The lowest BCUT2D eigenvalue weighted by Crippen LogP contribution is -2.72. The van der Waals surface area contributed by atoms with Crippen molar-refractivity contribution in [1.82, 2.24) is 15.5 Å². The van der Waals surface area contributed by atoms with Crippen LogP contribution < -0.4 is 10.6 Å². The van der Waals surface area contributed by atoms with Crippen molar-refractivity contribution in [2.45, 2.75) is 51.3 Å². The Balaban J connectivity index is 1.42. The zero-order valence-electron chi connectivity index (χ0n) is 17.2. The quantitative estimate of drug-likeness (QED) is 0.604. The summed E-state index contributed by atoms with van der Waals surface area (Å²) in [6, 6.07) is 8.21. The van der Waals surface area contributed by atoms with Crippen LogP contribution in [-0.2, 0) is 11.3 Å². The van der Waals surface area contributed by atoms with Crippen LogP contribution in [0.4, 0.5) is 0 Å². The lowest BCUT2D eigenvalue weighted by Gasteiger charge is -2.63. The summed E-state index contributed by atoms with van der Waals surface area (Å²) in [7, 11) is 3.54. The van der Waals surface area contributed by atoms with Gasteiger partial charge in [0.2, 0.25) is 0 Å². The van der Waals surface area contributed by atoms with Crippen LogP contribution in [0.5, 0.6) is 0 Å². The fraction of sp³-hybridized carbons (Fsp3) is 0.636. The van der Waals surface area contributed by atoms with Crippen molar-refractivity contribution < 1.29 is 9.53 Å². The molecule has 0 bridgehead atoms. The second-order valence-electron chi connectivity index (χ2n) is 8.54. The zero-order valence-corrected chi connectivity index (χ0v) is 17.2. The highest BCUT2D eigenvalue weighted by Crippen LogP contribution is 2.62. The predicted octanol–water partition coefficient (Wildman–Crippen LogP) is 2.40. The number of benzene rings is 1. The molecule has 3 fully saturated rings. The van der Waals surface area contributed by atoms with E-state index in [1.807, 2.05) is 24.3 Å². The van der Waals surface area contributed by atoms with E-state index in [0.717, 1.165) is 31.1 Å². The molecule has 6 heteroatoms. The molecule has 6 nitrogen and oxygen atoms in total. The lowest BCUT2D eigenvalue weighted by atomic mass is 9.46. The average molecular weight is 385 g/mol. The Hall–Kier alpha value is -2.08. The number of nitrogens with one attached hydrogen (secondary N) is 2. The Morgan fingerprint density at radius 2 is 2.04 bits per heavy atom. The summed E-state index contributed by atoms with van der Waals surface area (Å²) in [6.07, 6.45) is 5.48. The number of nitrogens with zero attached hydrogens (tertiary/aromatic N) is 2. The van der Waals surface area contributed by atoms with Crippen LogP contribution in [0.3, 0.4) is 0 Å². The van der Waals surface area contributed by atoms with Crippen LogP contribution in [0.1, 0.15) is 48.5 Å². The number of fused-ring (bicyclic) bond motifs is 2.